The van der Waals surface area contributed by atoms with Crippen molar-refractivity contribution in [2.45, 2.75) is 45.1 Å². The zero-order valence-electron chi connectivity index (χ0n) is 14.8. The standard InChI is InChI=1S/C18H26N4O2/c1-12-4-7-21(8-5-12)17(24)18-11-14(18)6-9-22(18)16(23)15-10-13(2)19-20(15)3/h10,12,14H,4-9,11H2,1-3H3. The maximum absolute atomic E-state index is 13.2. The third-order valence-corrected chi connectivity index (χ3v) is 6.16. The van der Waals surface area contributed by atoms with Crippen LogP contribution in [0.3, 0.4) is 0 Å². The van der Waals surface area contributed by atoms with Crippen molar-refractivity contribution in [3.8, 4) is 0 Å². The molecule has 3 heterocycles. The number of rotatable bonds is 2. The van der Waals surface area contributed by atoms with Gasteiger partial charge in [0.05, 0.1) is 5.69 Å². The first-order valence-corrected chi connectivity index (χ1v) is 9.05. The van der Waals surface area contributed by atoms with Gasteiger partial charge in [-0.25, -0.2) is 0 Å². The van der Waals surface area contributed by atoms with Gasteiger partial charge < -0.3 is 9.80 Å². The third kappa shape index (κ3) is 2.19. The molecule has 1 aliphatic carbocycles. The molecule has 0 radical (unpaired) electrons. The van der Waals surface area contributed by atoms with Crippen molar-refractivity contribution in [3.63, 3.8) is 0 Å². The number of aromatic nitrogens is 2. The van der Waals surface area contributed by atoms with E-state index in [9.17, 15) is 9.59 Å². The van der Waals surface area contributed by atoms with Crippen LogP contribution in [0.4, 0.5) is 0 Å². The average molecular weight is 330 g/mol. The zero-order chi connectivity index (χ0) is 17.1. The van der Waals surface area contributed by atoms with Crippen molar-refractivity contribution in [2.75, 3.05) is 19.6 Å². The van der Waals surface area contributed by atoms with Gasteiger partial charge in [-0.15, -0.1) is 0 Å². The lowest BCUT2D eigenvalue weighted by Gasteiger charge is -2.36. The molecule has 1 saturated carbocycles. The first-order valence-electron chi connectivity index (χ1n) is 9.05. The van der Waals surface area contributed by atoms with Gasteiger partial charge in [-0.05, 0) is 50.5 Å². The molecule has 0 spiro atoms. The Morgan fingerprint density at radius 1 is 1.21 bits per heavy atom. The molecular weight excluding hydrogens is 304 g/mol. The summed E-state index contributed by atoms with van der Waals surface area (Å²) in [5.74, 6) is 1.18. The molecule has 0 aromatic carbocycles. The fourth-order valence-electron chi connectivity index (χ4n) is 4.57. The largest absolute Gasteiger partial charge is 0.341 e. The number of amides is 2. The summed E-state index contributed by atoms with van der Waals surface area (Å²) in [5.41, 5.74) is 0.854. The van der Waals surface area contributed by atoms with Gasteiger partial charge in [0.2, 0.25) is 5.91 Å². The summed E-state index contributed by atoms with van der Waals surface area (Å²) in [4.78, 5) is 30.1. The number of carbonyl (C=O) groups excluding carboxylic acids is 2. The number of aryl methyl sites for hydroxylation is 2. The van der Waals surface area contributed by atoms with Gasteiger partial charge >= 0.3 is 0 Å². The Hall–Kier alpha value is -1.85. The fraction of sp³-hybridized carbons (Fsp3) is 0.722. The maximum atomic E-state index is 13.2. The van der Waals surface area contributed by atoms with Crippen molar-refractivity contribution in [3.05, 3.63) is 17.5 Å². The van der Waals surface area contributed by atoms with Crippen LogP contribution in [0.25, 0.3) is 0 Å². The van der Waals surface area contributed by atoms with E-state index < -0.39 is 5.54 Å². The lowest BCUT2D eigenvalue weighted by molar-refractivity contribution is -0.138. The minimum absolute atomic E-state index is 0.0446. The predicted molar refractivity (Wildman–Crippen MR) is 89.4 cm³/mol. The summed E-state index contributed by atoms with van der Waals surface area (Å²) >= 11 is 0. The minimum atomic E-state index is -0.560. The molecule has 0 bridgehead atoms. The smallest absolute Gasteiger partial charge is 0.273 e. The third-order valence-electron chi connectivity index (χ3n) is 6.16. The van der Waals surface area contributed by atoms with Gasteiger partial charge in [0.15, 0.2) is 0 Å². The summed E-state index contributed by atoms with van der Waals surface area (Å²) in [5, 5.41) is 4.28. The molecule has 130 valence electrons. The van der Waals surface area contributed by atoms with Crippen LogP contribution in [0.1, 0.15) is 48.8 Å². The number of likely N-dealkylation sites (tertiary alicyclic amines) is 2. The van der Waals surface area contributed by atoms with Crippen molar-refractivity contribution in [2.24, 2.45) is 18.9 Å². The first-order chi connectivity index (χ1) is 11.4. The highest BCUT2D eigenvalue weighted by Crippen LogP contribution is 2.57. The van der Waals surface area contributed by atoms with Crippen LogP contribution in [-0.2, 0) is 11.8 Å². The lowest BCUT2D eigenvalue weighted by atomic mass is 9.98. The predicted octanol–water partition coefficient (Wildman–Crippen LogP) is 1.59. The van der Waals surface area contributed by atoms with Crippen LogP contribution in [0.2, 0.25) is 0 Å². The molecule has 2 amide bonds. The molecule has 6 heteroatoms. The zero-order valence-corrected chi connectivity index (χ0v) is 14.8. The van der Waals surface area contributed by atoms with Crippen LogP contribution >= 0.6 is 0 Å². The van der Waals surface area contributed by atoms with E-state index in [1.807, 2.05) is 22.8 Å². The van der Waals surface area contributed by atoms with Crippen molar-refractivity contribution in [1.29, 1.82) is 0 Å². The van der Waals surface area contributed by atoms with Gasteiger partial charge in [-0.2, -0.15) is 5.10 Å². The monoisotopic (exact) mass is 330 g/mol. The fourth-order valence-corrected chi connectivity index (χ4v) is 4.57. The summed E-state index contributed by atoms with van der Waals surface area (Å²) < 4.78 is 1.63. The Kier molecular flexibility index (Phi) is 3.48. The molecule has 6 nitrogen and oxygen atoms in total. The van der Waals surface area contributed by atoms with Gasteiger partial charge in [-0.3, -0.25) is 14.3 Å². The molecule has 0 N–H and O–H groups in total. The maximum Gasteiger partial charge on any atom is 0.273 e. The molecule has 3 aliphatic rings. The number of fused-ring (bicyclic) bond motifs is 1. The number of piperidine rings is 2. The van der Waals surface area contributed by atoms with Crippen molar-refractivity contribution < 1.29 is 9.59 Å². The Morgan fingerprint density at radius 2 is 1.92 bits per heavy atom. The Labute approximate surface area is 142 Å². The SMILES string of the molecule is Cc1cc(C(=O)N2CCC3CC32C(=O)N2CCC(C)CC2)n(C)n1. The highest BCUT2D eigenvalue weighted by molar-refractivity contribution is 6.01. The number of hydrogen-bond donors (Lipinski definition) is 0. The molecular formula is C18H26N4O2. The Morgan fingerprint density at radius 3 is 2.50 bits per heavy atom. The van der Waals surface area contributed by atoms with Gasteiger partial charge in [0.1, 0.15) is 11.2 Å². The van der Waals surface area contributed by atoms with E-state index in [1.54, 1.807) is 11.7 Å². The molecule has 1 aromatic rings. The molecule has 1 aromatic heterocycles. The molecule has 3 fully saturated rings. The molecule has 2 aliphatic heterocycles. The van der Waals surface area contributed by atoms with Crippen LogP contribution in [-0.4, -0.2) is 56.6 Å². The van der Waals surface area contributed by atoms with E-state index in [-0.39, 0.29) is 11.8 Å². The molecule has 2 saturated heterocycles. The second kappa shape index (κ2) is 5.33. The molecule has 2 atom stereocenters. The number of nitrogens with zero attached hydrogens (tertiary/aromatic N) is 4. The summed E-state index contributed by atoms with van der Waals surface area (Å²) in [6.07, 6.45) is 3.92. The van der Waals surface area contributed by atoms with Crippen molar-refractivity contribution in [1.82, 2.24) is 19.6 Å². The van der Waals surface area contributed by atoms with E-state index in [4.69, 9.17) is 0 Å². The second-order valence-corrected chi connectivity index (χ2v) is 7.84. The topological polar surface area (TPSA) is 58.4 Å². The van der Waals surface area contributed by atoms with Crippen LogP contribution in [0, 0.1) is 18.8 Å². The summed E-state index contributed by atoms with van der Waals surface area (Å²) in [7, 11) is 1.79. The Bertz CT molecular complexity index is 689. The van der Waals surface area contributed by atoms with E-state index >= 15 is 0 Å². The Balaban J connectivity index is 1.57. The van der Waals surface area contributed by atoms with Gasteiger partial charge in [-0.1, -0.05) is 6.92 Å². The van der Waals surface area contributed by atoms with Crippen LogP contribution < -0.4 is 0 Å². The van der Waals surface area contributed by atoms with Gasteiger partial charge in [0, 0.05) is 26.7 Å². The minimum Gasteiger partial charge on any atom is -0.341 e. The van der Waals surface area contributed by atoms with E-state index in [2.05, 4.69) is 12.0 Å². The van der Waals surface area contributed by atoms with E-state index in [0.29, 0.717) is 24.1 Å². The normalized spacial score (nSPS) is 29.7. The second-order valence-electron chi connectivity index (χ2n) is 7.84. The average Bonchev–Trinajstić information content (AvgIpc) is 3.01. The number of carbonyl (C=O) groups is 2. The summed E-state index contributed by atoms with van der Waals surface area (Å²) in [6, 6.07) is 1.82. The van der Waals surface area contributed by atoms with Crippen LogP contribution in [0.15, 0.2) is 6.07 Å². The van der Waals surface area contributed by atoms with Gasteiger partial charge in [0.25, 0.3) is 5.91 Å². The quantitative estimate of drug-likeness (QED) is 0.827. The molecule has 24 heavy (non-hydrogen) atoms. The molecule has 4 rings (SSSR count). The molecule has 2 unspecified atom stereocenters. The summed E-state index contributed by atoms with van der Waals surface area (Å²) in [6.45, 7) is 6.49. The van der Waals surface area contributed by atoms with E-state index in [0.717, 1.165) is 44.5 Å². The number of hydrogen-bond acceptors (Lipinski definition) is 3. The van der Waals surface area contributed by atoms with E-state index in [1.165, 1.54) is 0 Å². The van der Waals surface area contributed by atoms with Crippen LogP contribution in [0.5, 0.6) is 0 Å². The highest BCUT2D eigenvalue weighted by atomic mass is 16.2. The first kappa shape index (κ1) is 15.7. The lowest BCUT2D eigenvalue weighted by Crippen LogP contribution is -2.53. The highest BCUT2D eigenvalue weighted by Gasteiger charge is 2.69. The van der Waals surface area contributed by atoms with Crippen molar-refractivity contribution >= 4 is 11.8 Å².